The summed E-state index contributed by atoms with van der Waals surface area (Å²) in [4.78, 5) is 3.71. The zero-order valence-electron chi connectivity index (χ0n) is 10.3. The zero-order chi connectivity index (χ0) is 15.0. The first kappa shape index (κ1) is 16.7. The van der Waals surface area contributed by atoms with Gasteiger partial charge in [-0.05, 0) is 20.8 Å². The SMILES string of the molecule is Cc1nc(Cl)sc1S(=O)(=O)N(CC(F)(F)F)C(C)C. The van der Waals surface area contributed by atoms with Crippen LogP contribution in [0.3, 0.4) is 0 Å². The van der Waals surface area contributed by atoms with Crippen LogP contribution in [0.5, 0.6) is 0 Å². The minimum absolute atomic E-state index is 0.0215. The lowest BCUT2D eigenvalue weighted by atomic mass is 10.4. The van der Waals surface area contributed by atoms with Gasteiger partial charge in [0.05, 0.1) is 5.69 Å². The first-order chi connectivity index (χ1) is 8.45. The van der Waals surface area contributed by atoms with Crippen molar-refractivity contribution in [3.63, 3.8) is 0 Å². The number of nitrogens with zero attached hydrogens (tertiary/aromatic N) is 2. The average molecular weight is 337 g/mol. The molecular formula is C9H12ClF3N2O2S2. The third kappa shape index (κ3) is 4.04. The van der Waals surface area contributed by atoms with Gasteiger partial charge in [-0.2, -0.15) is 17.5 Å². The van der Waals surface area contributed by atoms with Crippen LogP contribution < -0.4 is 0 Å². The number of aryl methyl sites for hydroxylation is 1. The van der Waals surface area contributed by atoms with E-state index in [-0.39, 0.29) is 14.4 Å². The molecule has 1 heterocycles. The van der Waals surface area contributed by atoms with E-state index in [1.807, 2.05) is 0 Å². The molecule has 19 heavy (non-hydrogen) atoms. The fourth-order valence-corrected chi connectivity index (χ4v) is 4.89. The van der Waals surface area contributed by atoms with Gasteiger partial charge in [-0.25, -0.2) is 13.4 Å². The van der Waals surface area contributed by atoms with Crippen molar-refractivity contribution in [2.45, 2.75) is 37.2 Å². The van der Waals surface area contributed by atoms with Crippen LogP contribution in [-0.4, -0.2) is 36.5 Å². The zero-order valence-corrected chi connectivity index (χ0v) is 12.7. The normalized spacial score (nSPS) is 13.5. The molecule has 0 atom stereocenters. The van der Waals surface area contributed by atoms with Crippen molar-refractivity contribution in [1.82, 2.24) is 9.29 Å². The largest absolute Gasteiger partial charge is 0.402 e. The van der Waals surface area contributed by atoms with E-state index in [0.717, 1.165) is 0 Å². The van der Waals surface area contributed by atoms with E-state index in [4.69, 9.17) is 11.6 Å². The number of thiazole rings is 1. The Hall–Kier alpha value is -0.380. The molecule has 1 rings (SSSR count). The Balaban J connectivity index is 3.25. The summed E-state index contributed by atoms with van der Waals surface area (Å²) in [5, 5.41) is 0. The lowest BCUT2D eigenvalue weighted by molar-refractivity contribution is -0.138. The molecule has 0 N–H and O–H groups in total. The molecule has 0 fully saturated rings. The van der Waals surface area contributed by atoms with Crippen molar-refractivity contribution in [1.29, 1.82) is 0 Å². The van der Waals surface area contributed by atoms with Gasteiger partial charge >= 0.3 is 6.18 Å². The van der Waals surface area contributed by atoms with Gasteiger partial charge in [-0.3, -0.25) is 0 Å². The summed E-state index contributed by atoms with van der Waals surface area (Å²) < 4.78 is 62.0. The monoisotopic (exact) mass is 336 g/mol. The summed E-state index contributed by atoms with van der Waals surface area (Å²) >= 11 is 6.24. The Kier molecular flexibility index (Phi) is 4.87. The van der Waals surface area contributed by atoms with Crippen molar-refractivity contribution in [3.8, 4) is 0 Å². The molecule has 0 saturated heterocycles. The highest BCUT2D eigenvalue weighted by atomic mass is 35.5. The maximum Gasteiger partial charge on any atom is 0.402 e. The Morgan fingerprint density at radius 3 is 2.26 bits per heavy atom. The molecule has 10 heteroatoms. The standard InChI is InChI=1S/C9H12ClF3N2O2S2/c1-5(2)15(4-9(11,12)13)19(16,17)7-6(3)14-8(10)18-7/h5H,4H2,1-3H3. The number of rotatable bonds is 4. The number of hydrogen-bond acceptors (Lipinski definition) is 4. The van der Waals surface area contributed by atoms with Crippen LogP contribution in [0.15, 0.2) is 4.21 Å². The number of halogens is 4. The molecule has 0 bridgehead atoms. The Bertz CT molecular complexity index is 554. The summed E-state index contributed by atoms with van der Waals surface area (Å²) in [7, 11) is -4.26. The van der Waals surface area contributed by atoms with Crippen molar-refractivity contribution in [2.24, 2.45) is 0 Å². The van der Waals surface area contributed by atoms with Gasteiger partial charge < -0.3 is 0 Å². The van der Waals surface area contributed by atoms with Gasteiger partial charge in [0.1, 0.15) is 6.54 Å². The third-order valence-electron chi connectivity index (χ3n) is 2.18. The molecule has 0 aromatic carbocycles. The summed E-state index contributed by atoms with van der Waals surface area (Å²) in [6.45, 7) is 2.60. The Morgan fingerprint density at radius 2 is 1.95 bits per heavy atom. The van der Waals surface area contributed by atoms with Crippen LogP contribution in [0.1, 0.15) is 19.5 Å². The van der Waals surface area contributed by atoms with Crippen LogP contribution >= 0.6 is 22.9 Å². The molecule has 0 aliphatic rings. The van der Waals surface area contributed by atoms with Gasteiger partial charge in [0.2, 0.25) is 0 Å². The number of hydrogen-bond donors (Lipinski definition) is 0. The predicted molar refractivity (Wildman–Crippen MR) is 66.9 cm³/mol. The Morgan fingerprint density at radius 1 is 1.42 bits per heavy atom. The third-order valence-corrected chi connectivity index (χ3v) is 6.05. The molecule has 1 aromatic rings. The number of alkyl halides is 3. The summed E-state index contributed by atoms with van der Waals surface area (Å²) in [5.74, 6) is 0. The van der Waals surface area contributed by atoms with E-state index >= 15 is 0 Å². The highest BCUT2D eigenvalue weighted by Crippen LogP contribution is 2.32. The van der Waals surface area contributed by atoms with E-state index in [9.17, 15) is 21.6 Å². The molecule has 0 aliphatic carbocycles. The predicted octanol–water partition coefficient (Wildman–Crippen LogP) is 3.07. The molecule has 0 unspecified atom stereocenters. The fraction of sp³-hybridized carbons (Fsp3) is 0.667. The molecular weight excluding hydrogens is 325 g/mol. The molecule has 0 radical (unpaired) electrons. The van der Waals surface area contributed by atoms with Crippen LogP contribution in [0.4, 0.5) is 13.2 Å². The van der Waals surface area contributed by atoms with Gasteiger partial charge in [0, 0.05) is 6.04 Å². The van der Waals surface area contributed by atoms with Crippen molar-refractivity contribution in [3.05, 3.63) is 10.2 Å². The lowest BCUT2D eigenvalue weighted by Crippen LogP contribution is -2.43. The first-order valence-electron chi connectivity index (χ1n) is 5.16. The fourth-order valence-electron chi connectivity index (χ4n) is 1.42. The van der Waals surface area contributed by atoms with Gasteiger partial charge in [-0.15, -0.1) is 0 Å². The van der Waals surface area contributed by atoms with E-state index in [0.29, 0.717) is 15.6 Å². The molecule has 110 valence electrons. The van der Waals surface area contributed by atoms with E-state index in [1.165, 1.54) is 20.8 Å². The highest BCUT2D eigenvalue weighted by molar-refractivity contribution is 7.91. The average Bonchev–Trinajstić information content (AvgIpc) is 2.53. The Labute approximate surface area is 118 Å². The summed E-state index contributed by atoms with van der Waals surface area (Å²) in [6.07, 6.45) is -4.61. The van der Waals surface area contributed by atoms with E-state index in [1.54, 1.807) is 0 Å². The molecule has 0 spiro atoms. The second kappa shape index (κ2) is 5.55. The molecule has 1 aromatic heterocycles. The summed E-state index contributed by atoms with van der Waals surface area (Å²) in [6, 6.07) is -0.827. The minimum atomic E-state index is -4.61. The van der Waals surface area contributed by atoms with Crippen LogP contribution in [0, 0.1) is 6.92 Å². The highest BCUT2D eigenvalue weighted by Gasteiger charge is 2.39. The maximum atomic E-state index is 12.5. The summed E-state index contributed by atoms with van der Waals surface area (Å²) in [5.41, 5.74) is 0.0998. The van der Waals surface area contributed by atoms with Crippen molar-refractivity contribution >= 4 is 33.0 Å². The van der Waals surface area contributed by atoms with Crippen molar-refractivity contribution in [2.75, 3.05) is 6.54 Å². The molecule has 0 aliphatic heterocycles. The molecule has 0 amide bonds. The quantitative estimate of drug-likeness (QED) is 0.849. The van der Waals surface area contributed by atoms with Gasteiger partial charge in [-0.1, -0.05) is 22.9 Å². The van der Waals surface area contributed by atoms with Crippen LogP contribution in [0.25, 0.3) is 0 Å². The van der Waals surface area contributed by atoms with E-state index in [2.05, 4.69) is 4.98 Å². The lowest BCUT2D eigenvalue weighted by Gasteiger charge is -2.26. The minimum Gasteiger partial charge on any atom is -0.229 e. The second-order valence-electron chi connectivity index (χ2n) is 4.10. The number of aromatic nitrogens is 1. The van der Waals surface area contributed by atoms with E-state index < -0.39 is 28.8 Å². The van der Waals surface area contributed by atoms with Crippen LogP contribution in [-0.2, 0) is 10.0 Å². The first-order valence-corrected chi connectivity index (χ1v) is 7.80. The topological polar surface area (TPSA) is 50.3 Å². The molecule has 0 saturated carbocycles. The number of sulfonamides is 1. The second-order valence-corrected chi connectivity index (χ2v) is 7.77. The van der Waals surface area contributed by atoms with Crippen LogP contribution in [0.2, 0.25) is 4.47 Å². The van der Waals surface area contributed by atoms with Gasteiger partial charge in [0.15, 0.2) is 8.68 Å². The van der Waals surface area contributed by atoms with Crippen molar-refractivity contribution < 1.29 is 21.6 Å². The van der Waals surface area contributed by atoms with Gasteiger partial charge in [0.25, 0.3) is 10.0 Å². The smallest absolute Gasteiger partial charge is 0.229 e. The molecule has 4 nitrogen and oxygen atoms in total. The maximum absolute atomic E-state index is 12.5.